The van der Waals surface area contributed by atoms with Gasteiger partial charge in [-0.2, -0.15) is 0 Å². The van der Waals surface area contributed by atoms with E-state index in [0.717, 1.165) is 32.8 Å². The number of carbonyl (C=O) groups is 2. The van der Waals surface area contributed by atoms with E-state index >= 15 is 0 Å². The number of amides is 2. The predicted octanol–water partition coefficient (Wildman–Crippen LogP) is 4.11. The quantitative estimate of drug-likeness (QED) is 0.418. The Labute approximate surface area is 224 Å². The van der Waals surface area contributed by atoms with Gasteiger partial charge in [0, 0.05) is 25.0 Å². The zero-order valence-corrected chi connectivity index (χ0v) is 23.0. The first-order valence-corrected chi connectivity index (χ1v) is 14.1. The molecule has 3 aromatic rings. The van der Waals surface area contributed by atoms with E-state index in [1.807, 2.05) is 50.2 Å². The summed E-state index contributed by atoms with van der Waals surface area (Å²) < 4.78 is 26.7. The van der Waals surface area contributed by atoms with Crippen LogP contribution in [0.3, 0.4) is 0 Å². The molecule has 0 saturated carbocycles. The minimum Gasteiger partial charge on any atom is -0.357 e. The summed E-state index contributed by atoms with van der Waals surface area (Å²) in [5.74, 6) is -0.841. The molecule has 0 saturated heterocycles. The number of aryl methyl sites for hydroxylation is 2. The molecule has 3 rings (SSSR count). The van der Waals surface area contributed by atoms with Crippen LogP contribution >= 0.6 is 11.6 Å². The lowest BCUT2D eigenvalue weighted by atomic mass is 10.0. The van der Waals surface area contributed by atoms with Gasteiger partial charge in [0.1, 0.15) is 12.6 Å². The summed E-state index contributed by atoms with van der Waals surface area (Å²) in [6.45, 7) is 3.47. The predicted molar refractivity (Wildman–Crippen MR) is 148 cm³/mol. The highest BCUT2D eigenvalue weighted by Gasteiger charge is 2.32. The average molecular weight is 542 g/mol. The van der Waals surface area contributed by atoms with Crippen molar-refractivity contribution < 1.29 is 18.0 Å². The van der Waals surface area contributed by atoms with Crippen LogP contribution in [0.1, 0.15) is 22.3 Å². The second-order valence-corrected chi connectivity index (χ2v) is 11.3. The van der Waals surface area contributed by atoms with Gasteiger partial charge in [0.15, 0.2) is 0 Å². The summed E-state index contributed by atoms with van der Waals surface area (Å²) in [5, 5.41) is 3.21. The standard InChI is InChI=1S/C28H32ClN3O4S/c1-20-10-15-25(16-21(20)2)32(37(4,35)36)19-27(33)31(18-23-11-13-24(29)14-12-23)26(28(34)30-3)17-22-8-6-5-7-9-22/h5-16,26H,17-19H2,1-4H3,(H,30,34)/t26-/m1/s1. The molecule has 2 amide bonds. The lowest BCUT2D eigenvalue weighted by Crippen LogP contribution is -2.52. The van der Waals surface area contributed by atoms with Crippen LogP contribution in [0.4, 0.5) is 5.69 Å². The Hall–Kier alpha value is -3.36. The molecule has 0 heterocycles. The van der Waals surface area contributed by atoms with Gasteiger partial charge in [-0.05, 0) is 60.4 Å². The van der Waals surface area contributed by atoms with Gasteiger partial charge in [0.25, 0.3) is 0 Å². The van der Waals surface area contributed by atoms with Crippen LogP contribution in [-0.4, -0.2) is 51.0 Å². The smallest absolute Gasteiger partial charge is 0.244 e. The van der Waals surface area contributed by atoms with Gasteiger partial charge in [0.05, 0.1) is 11.9 Å². The summed E-state index contributed by atoms with van der Waals surface area (Å²) >= 11 is 6.05. The average Bonchev–Trinajstić information content (AvgIpc) is 2.87. The Morgan fingerprint density at radius 2 is 1.57 bits per heavy atom. The molecule has 9 heteroatoms. The van der Waals surface area contributed by atoms with E-state index in [-0.39, 0.29) is 18.9 Å². The maximum Gasteiger partial charge on any atom is 0.244 e. The van der Waals surface area contributed by atoms with Gasteiger partial charge >= 0.3 is 0 Å². The Kier molecular flexibility index (Phi) is 9.34. The molecule has 1 N–H and O–H groups in total. The van der Waals surface area contributed by atoms with E-state index in [2.05, 4.69) is 5.32 Å². The molecule has 7 nitrogen and oxygen atoms in total. The molecule has 0 bridgehead atoms. The fourth-order valence-electron chi connectivity index (χ4n) is 4.00. The molecule has 0 fully saturated rings. The first-order valence-electron chi connectivity index (χ1n) is 11.8. The zero-order chi connectivity index (χ0) is 27.2. The van der Waals surface area contributed by atoms with Crippen LogP contribution in [0, 0.1) is 13.8 Å². The van der Waals surface area contributed by atoms with E-state index < -0.39 is 28.5 Å². The number of nitrogens with zero attached hydrogens (tertiary/aromatic N) is 2. The van der Waals surface area contributed by atoms with Crippen molar-refractivity contribution in [3.63, 3.8) is 0 Å². The monoisotopic (exact) mass is 541 g/mol. The molecule has 0 aliphatic carbocycles. The SMILES string of the molecule is CNC(=O)[C@@H](Cc1ccccc1)N(Cc1ccc(Cl)cc1)C(=O)CN(c1ccc(C)c(C)c1)S(C)(=O)=O. The van der Waals surface area contributed by atoms with Gasteiger partial charge in [-0.3, -0.25) is 13.9 Å². The molecule has 1 atom stereocenters. The number of nitrogens with one attached hydrogen (secondary N) is 1. The molecule has 0 aliphatic heterocycles. The zero-order valence-electron chi connectivity index (χ0n) is 21.4. The Balaban J connectivity index is 2.03. The summed E-state index contributed by atoms with van der Waals surface area (Å²) in [4.78, 5) is 28.4. The second kappa shape index (κ2) is 12.3. The van der Waals surface area contributed by atoms with E-state index in [9.17, 15) is 18.0 Å². The fraction of sp³-hybridized carbons (Fsp3) is 0.286. The minimum absolute atomic E-state index is 0.103. The van der Waals surface area contributed by atoms with Gasteiger partial charge < -0.3 is 10.2 Å². The van der Waals surface area contributed by atoms with E-state index in [0.29, 0.717) is 10.7 Å². The third kappa shape index (κ3) is 7.57. The highest BCUT2D eigenvalue weighted by atomic mass is 35.5. The van der Waals surface area contributed by atoms with Crippen molar-refractivity contribution in [3.8, 4) is 0 Å². The summed E-state index contributed by atoms with van der Waals surface area (Å²) in [7, 11) is -2.28. The highest BCUT2D eigenvalue weighted by molar-refractivity contribution is 7.92. The largest absolute Gasteiger partial charge is 0.357 e. The lowest BCUT2D eigenvalue weighted by Gasteiger charge is -2.33. The number of benzene rings is 3. The van der Waals surface area contributed by atoms with Crippen molar-refractivity contribution in [2.45, 2.75) is 32.9 Å². The molecule has 37 heavy (non-hydrogen) atoms. The first kappa shape index (κ1) is 28.2. The third-order valence-corrected chi connectivity index (χ3v) is 7.63. The third-order valence-electron chi connectivity index (χ3n) is 6.24. The second-order valence-electron chi connectivity index (χ2n) is 9.01. The number of hydrogen-bond acceptors (Lipinski definition) is 4. The first-order chi connectivity index (χ1) is 17.5. The van der Waals surface area contributed by atoms with Crippen LogP contribution in [-0.2, 0) is 32.6 Å². The van der Waals surface area contributed by atoms with Gasteiger partial charge in [0.2, 0.25) is 21.8 Å². The molecule has 0 unspecified atom stereocenters. The normalized spacial score (nSPS) is 12.0. The maximum atomic E-state index is 13.9. The lowest BCUT2D eigenvalue weighted by molar-refractivity contribution is -0.139. The molecule has 0 spiro atoms. The molecule has 3 aromatic carbocycles. The van der Waals surface area contributed by atoms with Crippen molar-refractivity contribution in [2.24, 2.45) is 0 Å². The minimum atomic E-state index is -3.80. The van der Waals surface area contributed by atoms with Crippen molar-refractivity contribution in [2.75, 3.05) is 24.2 Å². The molecule has 0 aliphatic rings. The van der Waals surface area contributed by atoms with Gasteiger partial charge in [-0.15, -0.1) is 0 Å². The molecule has 196 valence electrons. The van der Waals surface area contributed by atoms with Crippen molar-refractivity contribution >= 4 is 39.1 Å². The van der Waals surface area contributed by atoms with Crippen LogP contribution < -0.4 is 9.62 Å². The fourth-order valence-corrected chi connectivity index (χ4v) is 4.97. The van der Waals surface area contributed by atoms with Crippen molar-refractivity contribution in [1.82, 2.24) is 10.2 Å². The van der Waals surface area contributed by atoms with Crippen molar-refractivity contribution in [1.29, 1.82) is 0 Å². The molecule has 0 radical (unpaired) electrons. The van der Waals surface area contributed by atoms with E-state index in [1.54, 1.807) is 36.4 Å². The maximum absolute atomic E-state index is 13.9. The van der Waals surface area contributed by atoms with Gasteiger partial charge in [-0.1, -0.05) is 60.1 Å². The number of carbonyl (C=O) groups excluding carboxylic acids is 2. The van der Waals surface area contributed by atoms with E-state index in [4.69, 9.17) is 11.6 Å². The molecular weight excluding hydrogens is 510 g/mol. The van der Waals surface area contributed by atoms with Crippen LogP contribution in [0.25, 0.3) is 0 Å². The van der Waals surface area contributed by atoms with E-state index in [1.165, 1.54) is 11.9 Å². The van der Waals surface area contributed by atoms with Gasteiger partial charge in [-0.25, -0.2) is 8.42 Å². The number of anilines is 1. The van der Waals surface area contributed by atoms with Crippen molar-refractivity contribution in [3.05, 3.63) is 100 Å². The topological polar surface area (TPSA) is 86.8 Å². The Morgan fingerprint density at radius 3 is 2.14 bits per heavy atom. The number of likely N-dealkylation sites (N-methyl/N-ethyl adjacent to an activating group) is 1. The number of hydrogen-bond donors (Lipinski definition) is 1. The summed E-state index contributed by atoms with van der Waals surface area (Å²) in [6, 6.07) is 20.8. The number of rotatable bonds is 10. The van der Waals surface area contributed by atoms with Crippen LogP contribution in [0.2, 0.25) is 5.02 Å². The summed E-state index contributed by atoms with van der Waals surface area (Å²) in [6.07, 6.45) is 1.33. The number of sulfonamides is 1. The Bertz CT molecular complexity index is 1350. The highest BCUT2D eigenvalue weighted by Crippen LogP contribution is 2.23. The number of halogens is 1. The van der Waals surface area contributed by atoms with Crippen LogP contribution in [0.15, 0.2) is 72.8 Å². The van der Waals surface area contributed by atoms with Crippen LogP contribution in [0.5, 0.6) is 0 Å². The Morgan fingerprint density at radius 1 is 0.919 bits per heavy atom. The molecule has 0 aromatic heterocycles. The summed E-state index contributed by atoms with van der Waals surface area (Å²) in [5.41, 5.74) is 3.94. The molecular formula is C28H32ClN3O4S.